The van der Waals surface area contributed by atoms with Crippen molar-refractivity contribution in [2.45, 2.75) is 12.8 Å². The van der Waals surface area contributed by atoms with Crippen molar-refractivity contribution in [2.75, 3.05) is 0 Å². The number of phenolic OH excluding ortho intramolecular Hbond substituents is 1. The van der Waals surface area contributed by atoms with E-state index in [0.29, 0.717) is 0 Å². The highest BCUT2D eigenvalue weighted by Crippen LogP contribution is 2.26. The summed E-state index contributed by atoms with van der Waals surface area (Å²) in [7, 11) is 0. The van der Waals surface area contributed by atoms with Gasteiger partial charge in [0.05, 0.1) is 0 Å². The number of carboxylic acid groups (broad SMARTS) is 1. The molecule has 0 spiro atoms. The van der Waals surface area contributed by atoms with E-state index in [1.165, 1.54) is 6.07 Å². The highest BCUT2D eigenvalue weighted by molar-refractivity contribution is 6.30. The van der Waals surface area contributed by atoms with Gasteiger partial charge in [-0.2, -0.15) is 0 Å². The molecule has 0 bridgehead atoms. The highest BCUT2D eigenvalue weighted by atomic mass is 35.5. The van der Waals surface area contributed by atoms with E-state index in [9.17, 15) is 14.3 Å². The van der Waals surface area contributed by atoms with Gasteiger partial charge >= 0.3 is 5.97 Å². The number of carboxylic acids is 1. The van der Waals surface area contributed by atoms with Gasteiger partial charge < -0.3 is 10.2 Å². The van der Waals surface area contributed by atoms with Crippen LogP contribution in [-0.4, -0.2) is 16.2 Å². The van der Waals surface area contributed by atoms with Crippen LogP contribution in [0.3, 0.4) is 0 Å². The minimum Gasteiger partial charge on any atom is -0.505 e. The van der Waals surface area contributed by atoms with Crippen molar-refractivity contribution >= 4 is 17.6 Å². The summed E-state index contributed by atoms with van der Waals surface area (Å²) in [6.07, 6.45) is -0.119. The summed E-state index contributed by atoms with van der Waals surface area (Å²) in [5.74, 6) is -2.38. The van der Waals surface area contributed by atoms with Crippen molar-refractivity contribution in [3.63, 3.8) is 0 Å². The van der Waals surface area contributed by atoms with Crippen LogP contribution in [0.4, 0.5) is 4.39 Å². The fraction of sp³-hybridized carbons (Fsp3) is 0.222. The fourth-order valence-electron chi connectivity index (χ4n) is 1.05. The average molecular weight is 219 g/mol. The second-order valence-corrected chi connectivity index (χ2v) is 3.23. The van der Waals surface area contributed by atoms with Crippen LogP contribution in [0, 0.1) is 5.82 Å². The molecule has 0 radical (unpaired) electrons. The number of hydrogen-bond acceptors (Lipinski definition) is 2. The topological polar surface area (TPSA) is 57.5 Å². The smallest absolute Gasteiger partial charge is 0.303 e. The van der Waals surface area contributed by atoms with Crippen LogP contribution in [0.1, 0.15) is 12.0 Å². The van der Waals surface area contributed by atoms with Gasteiger partial charge in [-0.1, -0.05) is 11.6 Å². The van der Waals surface area contributed by atoms with Gasteiger partial charge in [0.1, 0.15) is 0 Å². The van der Waals surface area contributed by atoms with Gasteiger partial charge in [0, 0.05) is 11.4 Å². The number of halogens is 2. The van der Waals surface area contributed by atoms with E-state index in [2.05, 4.69) is 0 Å². The Labute approximate surface area is 84.7 Å². The second kappa shape index (κ2) is 4.28. The average Bonchev–Trinajstić information content (AvgIpc) is 2.08. The molecule has 0 unspecified atom stereocenters. The normalized spacial score (nSPS) is 10.1. The number of carbonyl (C=O) groups is 1. The van der Waals surface area contributed by atoms with Crippen molar-refractivity contribution in [1.82, 2.24) is 0 Å². The van der Waals surface area contributed by atoms with Crippen LogP contribution in [0.15, 0.2) is 12.1 Å². The van der Waals surface area contributed by atoms with Crippen molar-refractivity contribution in [2.24, 2.45) is 0 Å². The molecule has 0 saturated heterocycles. The Morgan fingerprint density at radius 1 is 1.50 bits per heavy atom. The molecule has 3 nitrogen and oxygen atoms in total. The van der Waals surface area contributed by atoms with Gasteiger partial charge in [-0.05, 0) is 24.1 Å². The Kier molecular flexibility index (Phi) is 3.30. The Morgan fingerprint density at radius 3 is 2.71 bits per heavy atom. The number of aromatic hydroxyl groups is 1. The number of rotatable bonds is 3. The van der Waals surface area contributed by atoms with Gasteiger partial charge in [0.25, 0.3) is 0 Å². The van der Waals surface area contributed by atoms with E-state index in [-0.39, 0.29) is 23.4 Å². The summed E-state index contributed by atoms with van der Waals surface area (Å²) in [6, 6.07) is 2.32. The molecule has 2 N–H and O–H groups in total. The highest BCUT2D eigenvalue weighted by Gasteiger charge is 2.10. The third-order valence-corrected chi connectivity index (χ3v) is 1.93. The third kappa shape index (κ3) is 2.60. The SMILES string of the molecule is O=C(O)CCc1cc(Cl)cc(F)c1O. The van der Waals surface area contributed by atoms with Gasteiger partial charge in [-0.25, -0.2) is 4.39 Å². The quantitative estimate of drug-likeness (QED) is 0.818. The Balaban J connectivity index is 2.90. The van der Waals surface area contributed by atoms with E-state index < -0.39 is 17.5 Å². The molecule has 1 rings (SSSR count). The maximum atomic E-state index is 12.9. The van der Waals surface area contributed by atoms with Gasteiger partial charge in [-0.3, -0.25) is 4.79 Å². The van der Waals surface area contributed by atoms with Crippen LogP contribution in [0.2, 0.25) is 5.02 Å². The summed E-state index contributed by atoms with van der Waals surface area (Å²) < 4.78 is 12.9. The Bertz CT molecular complexity index is 365. The second-order valence-electron chi connectivity index (χ2n) is 2.79. The fourth-order valence-corrected chi connectivity index (χ4v) is 1.28. The number of phenols is 1. The minimum absolute atomic E-state index is 0.0542. The molecule has 0 aliphatic heterocycles. The molecule has 1 aromatic carbocycles. The molecule has 0 fully saturated rings. The number of aliphatic carboxylic acids is 1. The molecule has 14 heavy (non-hydrogen) atoms. The monoisotopic (exact) mass is 218 g/mol. The zero-order valence-corrected chi connectivity index (χ0v) is 7.88. The van der Waals surface area contributed by atoms with Crippen molar-refractivity contribution < 1.29 is 19.4 Å². The van der Waals surface area contributed by atoms with Crippen molar-refractivity contribution in [3.8, 4) is 5.75 Å². The number of aryl methyl sites for hydroxylation is 1. The molecule has 1 aromatic rings. The zero-order valence-electron chi connectivity index (χ0n) is 7.13. The summed E-state index contributed by atoms with van der Waals surface area (Å²) in [6.45, 7) is 0. The third-order valence-electron chi connectivity index (χ3n) is 1.72. The van der Waals surface area contributed by atoms with Crippen molar-refractivity contribution in [3.05, 3.63) is 28.5 Å². The summed E-state index contributed by atoms with van der Waals surface area (Å²) >= 11 is 5.54. The standard InChI is InChI=1S/C9H8ClFO3/c10-6-3-5(1-2-8(12)13)9(14)7(11)4-6/h3-4,14H,1-2H2,(H,12,13). The molecule has 0 aromatic heterocycles. The van der Waals surface area contributed by atoms with Crippen molar-refractivity contribution in [1.29, 1.82) is 0 Å². The van der Waals surface area contributed by atoms with E-state index in [0.717, 1.165) is 6.07 Å². The van der Waals surface area contributed by atoms with Gasteiger partial charge in [0.15, 0.2) is 11.6 Å². The number of benzene rings is 1. The first-order valence-electron chi connectivity index (χ1n) is 3.89. The summed E-state index contributed by atoms with van der Waals surface area (Å²) in [5.41, 5.74) is 0.206. The minimum atomic E-state index is -1.01. The molecule has 0 aliphatic rings. The van der Waals surface area contributed by atoms with Crippen LogP contribution in [-0.2, 0) is 11.2 Å². The molecule has 76 valence electrons. The van der Waals surface area contributed by atoms with E-state index in [4.69, 9.17) is 16.7 Å². The zero-order chi connectivity index (χ0) is 10.7. The predicted molar refractivity (Wildman–Crippen MR) is 49.0 cm³/mol. The van der Waals surface area contributed by atoms with Crippen LogP contribution in [0.25, 0.3) is 0 Å². The Morgan fingerprint density at radius 2 is 2.14 bits per heavy atom. The van der Waals surface area contributed by atoms with Crippen LogP contribution >= 0.6 is 11.6 Å². The summed E-state index contributed by atoms with van der Waals surface area (Å²) in [5, 5.41) is 17.7. The lowest BCUT2D eigenvalue weighted by Crippen LogP contribution is -1.98. The molecule has 0 aliphatic carbocycles. The molecule has 0 heterocycles. The predicted octanol–water partition coefficient (Wildman–Crippen LogP) is 2.20. The van der Waals surface area contributed by atoms with Gasteiger partial charge in [0.2, 0.25) is 0 Å². The first-order valence-corrected chi connectivity index (χ1v) is 4.27. The molecule has 0 atom stereocenters. The molecular formula is C9H8ClFO3. The van der Waals surface area contributed by atoms with Crippen LogP contribution < -0.4 is 0 Å². The first-order chi connectivity index (χ1) is 6.50. The van der Waals surface area contributed by atoms with E-state index >= 15 is 0 Å². The lowest BCUT2D eigenvalue weighted by atomic mass is 10.1. The lowest BCUT2D eigenvalue weighted by Gasteiger charge is -2.04. The molecule has 0 amide bonds. The maximum Gasteiger partial charge on any atom is 0.303 e. The van der Waals surface area contributed by atoms with Crippen LogP contribution in [0.5, 0.6) is 5.75 Å². The largest absolute Gasteiger partial charge is 0.505 e. The Hall–Kier alpha value is -1.29. The van der Waals surface area contributed by atoms with Gasteiger partial charge in [-0.15, -0.1) is 0 Å². The van der Waals surface area contributed by atoms with E-state index in [1.807, 2.05) is 0 Å². The summed E-state index contributed by atoms with van der Waals surface area (Å²) in [4.78, 5) is 10.2. The number of hydrogen-bond donors (Lipinski definition) is 2. The lowest BCUT2D eigenvalue weighted by molar-refractivity contribution is -0.136. The molecule has 0 saturated carbocycles. The maximum absolute atomic E-state index is 12.9. The molecule has 5 heteroatoms. The first kappa shape index (κ1) is 10.8. The van der Waals surface area contributed by atoms with E-state index in [1.54, 1.807) is 0 Å². The molecular weight excluding hydrogens is 211 g/mol.